The van der Waals surface area contributed by atoms with Gasteiger partial charge in [0.25, 0.3) is 10.0 Å². The number of benzene rings is 2. The smallest absolute Gasteiger partial charge is 0.280 e. The summed E-state index contributed by atoms with van der Waals surface area (Å²) in [6, 6.07) is 4.16. The molecular weight excluding hydrogens is 436 g/mol. The van der Waals surface area contributed by atoms with Gasteiger partial charge in [-0.05, 0) is 36.4 Å². The largest absolute Gasteiger partial charge is 0.416 e. The number of rotatable bonds is 4. The molecule has 0 saturated carbocycles. The van der Waals surface area contributed by atoms with Crippen molar-refractivity contribution in [3.8, 4) is 0 Å². The molecule has 0 unspecified atom stereocenters. The van der Waals surface area contributed by atoms with Crippen LogP contribution < -0.4 is 4.72 Å². The predicted molar refractivity (Wildman–Crippen MR) is 86.8 cm³/mol. The van der Waals surface area contributed by atoms with Crippen LogP contribution in [0.4, 0.5) is 32.0 Å². The van der Waals surface area contributed by atoms with Crippen LogP contribution in [0.1, 0.15) is 11.1 Å². The van der Waals surface area contributed by atoms with Crippen LogP contribution in [-0.2, 0) is 32.2 Å². The third-order valence-corrected chi connectivity index (χ3v) is 5.86. The zero-order chi connectivity index (χ0) is 21.5. The molecule has 0 fully saturated rings. The number of sulfonamides is 1. The van der Waals surface area contributed by atoms with Crippen LogP contribution in [0.15, 0.2) is 52.3 Å². The molecule has 2 aromatic rings. The summed E-state index contributed by atoms with van der Waals surface area (Å²) in [6.45, 7) is 0. The first-order chi connectivity index (χ1) is 12.5. The number of nitrogens with one attached hydrogen (secondary N) is 1. The lowest BCUT2D eigenvalue weighted by molar-refractivity contribution is -0.143. The molecule has 0 heterocycles. The van der Waals surface area contributed by atoms with Gasteiger partial charge >= 0.3 is 12.4 Å². The molecule has 0 aliphatic heterocycles. The van der Waals surface area contributed by atoms with Gasteiger partial charge in [0, 0.05) is 6.26 Å². The topological polar surface area (TPSA) is 80.3 Å². The van der Waals surface area contributed by atoms with Gasteiger partial charge in [-0.3, -0.25) is 4.72 Å². The van der Waals surface area contributed by atoms with Gasteiger partial charge in [0.05, 0.1) is 26.6 Å². The third-order valence-electron chi connectivity index (χ3n) is 3.39. The van der Waals surface area contributed by atoms with E-state index in [0.717, 1.165) is 30.5 Å². The van der Waals surface area contributed by atoms with E-state index in [1.54, 1.807) is 4.72 Å². The van der Waals surface area contributed by atoms with Gasteiger partial charge in [-0.2, -0.15) is 26.3 Å². The highest BCUT2D eigenvalue weighted by Crippen LogP contribution is 2.37. The van der Waals surface area contributed by atoms with E-state index in [0.29, 0.717) is 0 Å². The Bertz CT molecular complexity index is 1070. The van der Waals surface area contributed by atoms with Crippen LogP contribution in [0.5, 0.6) is 0 Å². The van der Waals surface area contributed by atoms with Crippen molar-refractivity contribution in [1.29, 1.82) is 0 Å². The van der Waals surface area contributed by atoms with Crippen molar-refractivity contribution in [2.75, 3.05) is 11.0 Å². The lowest BCUT2D eigenvalue weighted by atomic mass is 10.1. The van der Waals surface area contributed by atoms with Crippen molar-refractivity contribution in [2.24, 2.45) is 0 Å². The number of anilines is 1. The van der Waals surface area contributed by atoms with Crippen molar-refractivity contribution < 1.29 is 43.2 Å². The SMILES string of the molecule is CS(=O)(=O)c1cccc(NS(=O)(=O)c2cc(C(F)(F)F)cc(C(F)(F)F)c2)c1. The Balaban J connectivity index is 2.57. The maximum Gasteiger partial charge on any atom is 0.416 e. The maximum atomic E-state index is 12.9. The van der Waals surface area contributed by atoms with Gasteiger partial charge in [-0.1, -0.05) is 6.07 Å². The Labute approximate surface area is 156 Å². The van der Waals surface area contributed by atoms with E-state index in [1.807, 2.05) is 0 Å². The first-order valence-electron chi connectivity index (χ1n) is 7.12. The highest BCUT2D eigenvalue weighted by Gasteiger charge is 2.38. The van der Waals surface area contributed by atoms with Crippen LogP contribution in [0.3, 0.4) is 0 Å². The molecule has 5 nitrogen and oxygen atoms in total. The highest BCUT2D eigenvalue weighted by molar-refractivity contribution is 7.92. The van der Waals surface area contributed by atoms with Gasteiger partial charge in [0.1, 0.15) is 0 Å². The first kappa shape index (κ1) is 22.0. The van der Waals surface area contributed by atoms with Crippen molar-refractivity contribution in [1.82, 2.24) is 0 Å². The van der Waals surface area contributed by atoms with Crippen LogP contribution in [0.25, 0.3) is 0 Å². The zero-order valence-electron chi connectivity index (χ0n) is 13.8. The van der Waals surface area contributed by atoms with E-state index in [1.165, 1.54) is 0 Å². The van der Waals surface area contributed by atoms with Crippen LogP contribution in [0.2, 0.25) is 0 Å². The molecule has 0 aromatic heterocycles. The van der Waals surface area contributed by atoms with Crippen molar-refractivity contribution >= 4 is 25.5 Å². The minimum absolute atomic E-state index is 0.0536. The Morgan fingerprint density at radius 2 is 1.25 bits per heavy atom. The van der Waals surface area contributed by atoms with Gasteiger partial charge in [0.15, 0.2) is 9.84 Å². The predicted octanol–water partition coefficient (Wildman–Crippen LogP) is 3.93. The molecule has 154 valence electrons. The second kappa shape index (κ2) is 6.95. The number of halogens is 6. The molecule has 0 amide bonds. The molecular formula is C15H11F6NO4S2. The minimum atomic E-state index is -5.22. The molecule has 0 aliphatic carbocycles. The molecule has 0 aliphatic rings. The number of hydrogen-bond acceptors (Lipinski definition) is 4. The maximum absolute atomic E-state index is 12.9. The second-order valence-corrected chi connectivity index (χ2v) is 9.35. The molecule has 28 heavy (non-hydrogen) atoms. The molecule has 1 N–H and O–H groups in total. The van der Waals surface area contributed by atoms with Gasteiger partial charge in [-0.15, -0.1) is 0 Å². The van der Waals surface area contributed by atoms with Crippen molar-refractivity contribution in [3.05, 3.63) is 53.6 Å². The van der Waals surface area contributed by atoms with E-state index < -0.39 is 48.2 Å². The summed E-state index contributed by atoms with van der Waals surface area (Å²) in [7, 11) is -8.62. The molecule has 13 heteroatoms. The molecule has 2 aromatic carbocycles. The van der Waals surface area contributed by atoms with Crippen LogP contribution in [0, 0.1) is 0 Å². The van der Waals surface area contributed by atoms with E-state index >= 15 is 0 Å². The first-order valence-corrected chi connectivity index (χ1v) is 10.5. The quantitative estimate of drug-likeness (QED) is 0.721. The average Bonchev–Trinajstić information content (AvgIpc) is 2.52. The highest BCUT2D eigenvalue weighted by atomic mass is 32.2. The molecule has 2 rings (SSSR count). The summed E-state index contributed by atoms with van der Waals surface area (Å²) in [4.78, 5) is -1.58. The number of sulfone groups is 1. The minimum Gasteiger partial charge on any atom is -0.280 e. The Morgan fingerprint density at radius 1 is 0.750 bits per heavy atom. The molecule has 0 saturated heterocycles. The summed E-state index contributed by atoms with van der Waals surface area (Å²) in [6.07, 6.45) is -9.60. The second-order valence-electron chi connectivity index (χ2n) is 5.65. The zero-order valence-corrected chi connectivity index (χ0v) is 15.4. The molecule has 0 spiro atoms. The average molecular weight is 447 g/mol. The normalized spacial score (nSPS) is 13.4. The van der Waals surface area contributed by atoms with Crippen LogP contribution in [-0.4, -0.2) is 23.1 Å². The number of alkyl halides is 6. The lowest BCUT2D eigenvalue weighted by Crippen LogP contribution is -2.17. The lowest BCUT2D eigenvalue weighted by Gasteiger charge is -2.15. The summed E-state index contributed by atoms with van der Waals surface area (Å²) in [5, 5.41) is 0. The molecule has 0 bridgehead atoms. The fraction of sp³-hybridized carbons (Fsp3) is 0.200. The summed E-state index contributed by atoms with van der Waals surface area (Å²) in [5.74, 6) is 0. The van der Waals surface area contributed by atoms with E-state index in [4.69, 9.17) is 0 Å². The van der Waals surface area contributed by atoms with Crippen molar-refractivity contribution in [3.63, 3.8) is 0 Å². The van der Waals surface area contributed by atoms with E-state index in [9.17, 15) is 43.2 Å². The Morgan fingerprint density at radius 3 is 1.68 bits per heavy atom. The third kappa shape index (κ3) is 5.16. The summed E-state index contributed by atoms with van der Waals surface area (Å²) < 4.78 is 127. The van der Waals surface area contributed by atoms with Gasteiger partial charge < -0.3 is 0 Å². The summed E-state index contributed by atoms with van der Waals surface area (Å²) >= 11 is 0. The number of hydrogen-bond donors (Lipinski definition) is 1. The van der Waals surface area contributed by atoms with E-state index in [2.05, 4.69) is 0 Å². The van der Waals surface area contributed by atoms with Crippen LogP contribution >= 0.6 is 0 Å². The molecule has 0 radical (unpaired) electrons. The summed E-state index contributed by atoms with van der Waals surface area (Å²) in [5.41, 5.74) is -3.95. The Kier molecular flexibility index (Phi) is 5.47. The monoisotopic (exact) mass is 447 g/mol. The fourth-order valence-electron chi connectivity index (χ4n) is 2.09. The van der Waals surface area contributed by atoms with E-state index in [-0.39, 0.29) is 28.8 Å². The standard InChI is InChI=1S/C15H11F6NO4S2/c1-27(23,24)12-4-2-3-11(8-12)22-28(25,26)13-6-9(14(16,17)18)5-10(7-13)15(19,20)21/h2-8,22H,1H3. The van der Waals surface area contributed by atoms with Gasteiger partial charge in [-0.25, -0.2) is 16.8 Å². The fourth-order valence-corrected chi connectivity index (χ4v) is 3.87. The van der Waals surface area contributed by atoms with Crippen molar-refractivity contribution in [2.45, 2.75) is 22.1 Å². The Hall–Kier alpha value is -2.28. The molecule has 0 atom stereocenters. The van der Waals surface area contributed by atoms with Gasteiger partial charge in [0.2, 0.25) is 0 Å².